The highest BCUT2D eigenvalue weighted by molar-refractivity contribution is 5.87. The molecule has 3 aromatic rings. The van der Waals surface area contributed by atoms with E-state index in [0.717, 1.165) is 11.1 Å². The molecular weight excluding hydrogens is 428 g/mol. The average molecular weight is 456 g/mol. The van der Waals surface area contributed by atoms with E-state index >= 15 is 0 Å². The molecule has 176 valence electrons. The Labute approximate surface area is 191 Å². The maximum atomic E-state index is 13.3. The highest BCUT2D eigenvalue weighted by Gasteiger charge is 2.45. The molecule has 0 saturated carbocycles. The summed E-state index contributed by atoms with van der Waals surface area (Å²) in [5.41, 5.74) is 3.83. The first kappa shape index (κ1) is 23.4. The topological polar surface area (TPSA) is 119 Å². The van der Waals surface area contributed by atoms with Gasteiger partial charge in [0.25, 0.3) is 0 Å². The fourth-order valence-electron chi connectivity index (χ4n) is 4.04. The van der Waals surface area contributed by atoms with Crippen molar-refractivity contribution >= 4 is 11.0 Å². The van der Waals surface area contributed by atoms with E-state index in [1.165, 1.54) is 13.4 Å². The van der Waals surface area contributed by atoms with Gasteiger partial charge in [0.1, 0.15) is 42.0 Å². The lowest BCUT2D eigenvalue weighted by Crippen LogP contribution is -2.60. The van der Waals surface area contributed by atoms with Crippen LogP contribution in [0.4, 0.5) is 0 Å². The van der Waals surface area contributed by atoms with Crippen molar-refractivity contribution in [3.05, 3.63) is 63.5 Å². The van der Waals surface area contributed by atoms with E-state index in [2.05, 4.69) is 0 Å². The van der Waals surface area contributed by atoms with Gasteiger partial charge in [0, 0.05) is 13.2 Å². The van der Waals surface area contributed by atoms with Crippen molar-refractivity contribution in [2.24, 2.45) is 0 Å². The van der Waals surface area contributed by atoms with E-state index in [9.17, 15) is 20.1 Å². The summed E-state index contributed by atoms with van der Waals surface area (Å²) in [6.45, 7) is 5.57. The summed E-state index contributed by atoms with van der Waals surface area (Å²) >= 11 is 0. The van der Waals surface area contributed by atoms with Crippen LogP contribution in [0.15, 0.2) is 45.8 Å². The van der Waals surface area contributed by atoms with Crippen molar-refractivity contribution in [1.29, 1.82) is 0 Å². The SMILES string of the molecule is COCC1OC(Oc2cc3occ(-c4ccc(C)cc4)c(=O)c3c(C)c2C)C(O)C(O)C1O. The van der Waals surface area contributed by atoms with E-state index in [4.69, 9.17) is 18.6 Å². The second-order valence-corrected chi connectivity index (χ2v) is 8.43. The molecule has 3 N–H and O–H groups in total. The number of aliphatic hydroxyl groups excluding tert-OH is 3. The van der Waals surface area contributed by atoms with E-state index in [1.807, 2.05) is 31.2 Å². The Hall–Kier alpha value is -2.75. The molecule has 2 heterocycles. The molecule has 33 heavy (non-hydrogen) atoms. The molecule has 8 nitrogen and oxygen atoms in total. The Morgan fingerprint density at radius 1 is 0.970 bits per heavy atom. The lowest BCUT2D eigenvalue weighted by Gasteiger charge is -2.40. The zero-order valence-corrected chi connectivity index (χ0v) is 18.9. The van der Waals surface area contributed by atoms with Crippen LogP contribution in [0.1, 0.15) is 16.7 Å². The van der Waals surface area contributed by atoms with Gasteiger partial charge in [0.15, 0.2) is 0 Å². The largest absolute Gasteiger partial charge is 0.463 e. The van der Waals surface area contributed by atoms with Gasteiger partial charge in [-0.2, -0.15) is 0 Å². The van der Waals surface area contributed by atoms with Crippen LogP contribution in [0.3, 0.4) is 0 Å². The summed E-state index contributed by atoms with van der Waals surface area (Å²) in [7, 11) is 1.44. The highest BCUT2D eigenvalue weighted by Crippen LogP contribution is 2.33. The third-order valence-corrected chi connectivity index (χ3v) is 6.20. The molecule has 0 aliphatic carbocycles. The summed E-state index contributed by atoms with van der Waals surface area (Å²) < 4.78 is 22.4. The minimum Gasteiger partial charge on any atom is -0.463 e. The number of ether oxygens (including phenoxy) is 3. The van der Waals surface area contributed by atoms with Crippen LogP contribution in [-0.2, 0) is 9.47 Å². The first-order chi connectivity index (χ1) is 15.7. The molecule has 1 fully saturated rings. The van der Waals surface area contributed by atoms with Gasteiger partial charge in [0.2, 0.25) is 11.7 Å². The maximum absolute atomic E-state index is 13.3. The van der Waals surface area contributed by atoms with Crippen molar-refractivity contribution in [3.8, 4) is 16.9 Å². The summed E-state index contributed by atoms with van der Waals surface area (Å²) in [6, 6.07) is 9.20. The van der Waals surface area contributed by atoms with Crippen LogP contribution in [0.25, 0.3) is 22.1 Å². The molecule has 5 unspecified atom stereocenters. The second-order valence-electron chi connectivity index (χ2n) is 8.43. The highest BCUT2D eigenvalue weighted by atomic mass is 16.7. The smallest absolute Gasteiger partial charge is 0.229 e. The number of benzene rings is 2. The molecule has 1 aliphatic rings. The second kappa shape index (κ2) is 9.24. The van der Waals surface area contributed by atoms with Gasteiger partial charge in [-0.15, -0.1) is 0 Å². The van der Waals surface area contributed by atoms with Gasteiger partial charge < -0.3 is 33.9 Å². The number of fused-ring (bicyclic) bond motifs is 1. The standard InChI is InChI=1S/C25H28O8/c1-12-5-7-15(8-6-12)16-10-31-18-9-17(13(2)14(3)20(18)21(16)26)32-25-24(29)23(28)22(27)19(33-25)11-30-4/h5-10,19,22-25,27-29H,11H2,1-4H3. The van der Waals surface area contributed by atoms with Gasteiger partial charge in [-0.3, -0.25) is 4.79 Å². The lowest BCUT2D eigenvalue weighted by atomic mass is 9.98. The van der Waals surface area contributed by atoms with E-state index in [1.54, 1.807) is 19.9 Å². The molecule has 8 heteroatoms. The molecule has 0 radical (unpaired) electrons. The Bertz CT molecular complexity index is 1200. The van der Waals surface area contributed by atoms with Gasteiger partial charge in [-0.25, -0.2) is 0 Å². The molecule has 1 aromatic heterocycles. The van der Waals surface area contributed by atoms with Crippen LogP contribution in [-0.4, -0.2) is 59.7 Å². The monoisotopic (exact) mass is 456 g/mol. The molecule has 0 spiro atoms. The van der Waals surface area contributed by atoms with E-state index in [0.29, 0.717) is 33.4 Å². The molecule has 4 rings (SSSR count). The van der Waals surface area contributed by atoms with Gasteiger partial charge in [0.05, 0.1) is 17.6 Å². The van der Waals surface area contributed by atoms with Crippen molar-refractivity contribution in [2.45, 2.75) is 51.5 Å². The number of methoxy groups -OCH3 is 1. The van der Waals surface area contributed by atoms with Crippen LogP contribution >= 0.6 is 0 Å². The minimum absolute atomic E-state index is 0.0111. The predicted octanol–water partition coefficient (Wildman–Crippen LogP) is 2.22. The van der Waals surface area contributed by atoms with Gasteiger partial charge in [-0.05, 0) is 37.5 Å². The molecule has 0 amide bonds. The number of aryl methyl sites for hydroxylation is 2. The Balaban J connectivity index is 1.71. The zero-order valence-electron chi connectivity index (χ0n) is 18.9. The molecular formula is C25H28O8. The Morgan fingerprint density at radius 2 is 1.67 bits per heavy atom. The fraction of sp³-hybridized carbons (Fsp3) is 0.400. The fourth-order valence-corrected chi connectivity index (χ4v) is 4.04. The lowest BCUT2D eigenvalue weighted by molar-refractivity contribution is -0.278. The average Bonchev–Trinajstić information content (AvgIpc) is 2.79. The van der Waals surface area contributed by atoms with Crippen LogP contribution in [0.5, 0.6) is 5.75 Å². The maximum Gasteiger partial charge on any atom is 0.229 e. The summed E-state index contributed by atoms with van der Waals surface area (Å²) in [5.74, 6) is 0.329. The van der Waals surface area contributed by atoms with E-state index < -0.39 is 30.7 Å². The van der Waals surface area contributed by atoms with Crippen LogP contribution < -0.4 is 10.2 Å². The number of aliphatic hydroxyl groups is 3. The number of rotatable bonds is 5. The van der Waals surface area contributed by atoms with Crippen LogP contribution in [0.2, 0.25) is 0 Å². The normalized spacial score (nSPS) is 25.4. The summed E-state index contributed by atoms with van der Waals surface area (Å²) in [5, 5.41) is 31.1. The van der Waals surface area contributed by atoms with Crippen molar-refractivity contribution < 1.29 is 33.9 Å². The van der Waals surface area contributed by atoms with Gasteiger partial charge >= 0.3 is 0 Å². The molecule has 2 aromatic carbocycles. The quantitative estimate of drug-likeness (QED) is 0.535. The molecule has 1 aliphatic heterocycles. The molecule has 1 saturated heterocycles. The Kier molecular flexibility index (Phi) is 6.56. The van der Waals surface area contributed by atoms with Crippen molar-refractivity contribution in [2.75, 3.05) is 13.7 Å². The Morgan fingerprint density at radius 3 is 2.33 bits per heavy atom. The zero-order chi connectivity index (χ0) is 23.9. The predicted molar refractivity (Wildman–Crippen MR) is 121 cm³/mol. The number of hydrogen-bond acceptors (Lipinski definition) is 8. The summed E-state index contributed by atoms with van der Waals surface area (Å²) in [6.07, 6.45) is -4.99. The first-order valence-corrected chi connectivity index (χ1v) is 10.7. The third-order valence-electron chi connectivity index (χ3n) is 6.20. The van der Waals surface area contributed by atoms with Crippen LogP contribution in [0, 0.1) is 20.8 Å². The number of hydrogen-bond donors (Lipinski definition) is 3. The molecule has 0 bridgehead atoms. The summed E-state index contributed by atoms with van der Waals surface area (Å²) in [4.78, 5) is 13.3. The van der Waals surface area contributed by atoms with Crippen molar-refractivity contribution in [1.82, 2.24) is 0 Å². The van der Waals surface area contributed by atoms with Crippen molar-refractivity contribution in [3.63, 3.8) is 0 Å². The first-order valence-electron chi connectivity index (χ1n) is 10.7. The molecule has 5 atom stereocenters. The van der Waals surface area contributed by atoms with E-state index in [-0.39, 0.29) is 12.0 Å². The third kappa shape index (κ3) is 4.28. The van der Waals surface area contributed by atoms with Gasteiger partial charge in [-0.1, -0.05) is 29.8 Å². The minimum atomic E-state index is -1.49.